The highest BCUT2D eigenvalue weighted by Crippen LogP contribution is 2.17. The van der Waals surface area contributed by atoms with Crippen LogP contribution in [0.5, 0.6) is 0 Å². The lowest BCUT2D eigenvalue weighted by molar-refractivity contribution is 0.102. The van der Waals surface area contributed by atoms with Crippen LogP contribution in [-0.4, -0.2) is 20.9 Å². The third kappa shape index (κ3) is 3.47. The number of rotatable bonds is 3. The molecule has 0 unspecified atom stereocenters. The van der Waals surface area contributed by atoms with Crippen LogP contribution in [0.25, 0.3) is 0 Å². The van der Waals surface area contributed by atoms with E-state index in [9.17, 15) is 4.79 Å². The number of aryl methyl sites for hydroxylation is 4. The van der Waals surface area contributed by atoms with Gasteiger partial charge in [0.05, 0.1) is 11.3 Å². The molecule has 116 valence electrons. The molecule has 2 heterocycles. The predicted molar refractivity (Wildman–Crippen MR) is 87.3 cm³/mol. The number of anilines is 1. The van der Waals surface area contributed by atoms with Crippen molar-refractivity contribution in [1.29, 1.82) is 0 Å². The predicted octanol–water partition coefficient (Wildman–Crippen LogP) is 3.48. The van der Waals surface area contributed by atoms with Gasteiger partial charge in [0.15, 0.2) is 0 Å². The quantitative estimate of drug-likeness (QED) is 0.942. The molecule has 0 aromatic carbocycles. The number of hydrogen-bond acceptors (Lipinski definition) is 4. The smallest absolute Gasteiger partial charge is 0.258 e. The van der Waals surface area contributed by atoms with E-state index < -0.39 is 0 Å². The topological polar surface area (TPSA) is 67.8 Å². The first-order valence-corrected chi connectivity index (χ1v) is 7.39. The van der Waals surface area contributed by atoms with Crippen molar-refractivity contribution in [2.24, 2.45) is 0 Å². The summed E-state index contributed by atoms with van der Waals surface area (Å²) in [7, 11) is 0. The molecule has 5 nitrogen and oxygen atoms in total. The normalized spacial score (nSPS) is 10.9. The van der Waals surface area contributed by atoms with E-state index in [0.29, 0.717) is 11.4 Å². The lowest BCUT2D eigenvalue weighted by Gasteiger charge is -2.12. The van der Waals surface area contributed by atoms with Gasteiger partial charge in [-0.15, -0.1) is 0 Å². The minimum atomic E-state index is -0.185. The highest BCUT2D eigenvalue weighted by atomic mass is 16.1. The summed E-state index contributed by atoms with van der Waals surface area (Å²) in [5, 5.41) is 2.87. The Kier molecular flexibility index (Phi) is 4.54. The second-order valence-corrected chi connectivity index (χ2v) is 5.90. The first-order valence-electron chi connectivity index (χ1n) is 7.39. The van der Waals surface area contributed by atoms with Crippen LogP contribution in [0.3, 0.4) is 0 Å². The van der Waals surface area contributed by atoms with Gasteiger partial charge < -0.3 is 5.32 Å². The second kappa shape index (κ2) is 6.22. The monoisotopic (exact) mass is 298 g/mol. The molecule has 2 rings (SSSR count). The first kappa shape index (κ1) is 16.1. The Hall–Kier alpha value is -2.30. The number of carbonyl (C=O) groups is 1. The molecule has 0 saturated heterocycles. The fraction of sp³-hybridized carbons (Fsp3) is 0.412. The largest absolute Gasteiger partial charge is 0.306 e. The maximum Gasteiger partial charge on any atom is 0.258 e. The molecule has 0 spiro atoms. The van der Waals surface area contributed by atoms with Gasteiger partial charge in [0.1, 0.15) is 11.6 Å². The van der Waals surface area contributed by atoms with Crippen LogP contribution in [0.2, 0.25) is 0 Å². The van der Waals surface area contributed by atoms with Crippen LogP contribution in [0.15, 0.2) is 12.1 Å². The molecule has 1 N–H and O–H groups in total. The number of carbonyl (C=O) groups excluding carboxylic acids is 1. The Morgan fingerprint density at radius 2 is 1.64 bits per heavy atom. The van der Waals surface area contributed by atoms with E-state index in [1.165, 1.54) is 0 Å². The van der Waals surface area contributed by atoms with Gasteiger partial charge in [-0.2, -0.15) is 0 Å². The van der Waals surface area contributed by atoms with Crippen LogP contribution in [0.1, 0.15) is 58.6 Å². The number of hydrogen-bond donors (Lipinski definition) is 1. The molecular weight excluding hydrogens is 276 g/mol. The summed E-state index contributed by atoms with van der Waals surface area (Å²) in [6.07, 6.45) is 0. The number of aromatic nitrogens is 3. The zero-order chi connectivity index (χ0) is 16.4. The van der Waals surface area contributed by atoms with Gasteiger partial charge in [0, 0.05) is 23.4 Å². The van der Waals surface area contributed by atoms with E-state index in [1.807, 2.05) is 47.6 Å². The molecule has 22 heavy (non-hydrogen) atoms. The van der Waals surface area contributed by atoms with E-state index in [-0.39, 0.29) is 11.8 Å². The van der Waals surface area contributed by atoms with Crippen molar-refractivity contribution < 1.29 is 4.79 Å². The molecule has 0 aliphatic rings. The highest BCUT2D eigenvalue weighted by molar-refractivity contribution is 6.05. The summed E-state index contributed by atoms with van der Waals surface area (Å²) < 4.78 is 0. The standard InChI is InChI=1S/C17H22N4O/c1-9(2)16-19-12(5)8-14(20-16)21-17(22)15-10(3)7-11(4)18-13(15)6/h7-9H,1-6H3,(H,19,20,21,22). The van der Waals surface area contributed by atoms with E-state index >= 15 is 0 Å². The minimum Gasteiger partial charge on any atom is -0.306 e. The number of amides is 1. The minimum absolute atomic E-state index is 0.185. The fourth-order valence-electron chi connectivity index (χ4n) is 2.46. The summed E-state index contributed by atoms with van der Waals surface area (Å²) in [4.78, 5) is 25.7. The summed E-state index contributed by atoms with van der Waals surface area (Å²) >= 11 is 0. The van der Waals surface area contributed by atoms with Gasteiger partial charge in [-0.05, 0) is 39.3 Å². The maximum atomic E-state index is 12.5. The Bertz CT molecular complexity index is 700. The zero-order valence-electron chi connectivity index (χ0n) is 14.0. The summed E-state index contributed by atoms with van der Waals surface area (Å²) in [6.45, 7) is 11.6. The summed E-state index contributed by atoms with van der Waals surface area (Å²) in [5.74, 6) is 1.28. The lowest BCUT2D eigenvalue weighted by Crippen LogP contribution is -2.18. The molecule has 0 saturated carbocycles. The van der Waals surface area contributed by atoms with Gasteiger partial charge in [-0.1, -0.05) is 13.8 Å². The SMILES string of the molecule is Cc1cc(NC(=O)c2c(C)cc(C)nc2C)nc(C(C)C)n1. The number of nitrogens with one attached hydrogen (secondary N) is 1. The lowest BCUT2D eigenvalue weighted by atomic mass is 10.1. The molecule has 0 aliphatic carbocycles. The van der Waals surface area contributed by atoms with Crippen LogP contribution < -0.4 is 5.32 Å². The van der Waals surface area contributed by atoms with Crippen molar-refractivity contribution >= 4 is 11.7 Å². The molecule has 0 radical (unpaired) electrons. The number of nitrogens with zero attached hydrogens (tertiary/aromatic N) is 3. The number of pyridine rings is 1. The van der Waals surface area contributed by atoms with E-state index in [2.05, 4.69) is 20.3 Å². The Balaban J connectivity index is 2.34. The van der Waals surface area contributed by atoms with Crippen molar-refractivity contribution in [2.45, 2.75) is 47.5 Å². The molecule has 1 amide bonds. The molecular formula is C17H22N4O. The van der Waals surface area contributed by atoms with E-state index in [4.69, 9.17) is 0 Å². The van der Waals surface area contributed by atoms with Crippen LogP contribution in [0.4, 0.5) is 5.82 Å². The van der Waals surface area contributed by atoms with Crippen molar-refractivity contribution in [1.82, 2.24) is 15.0 Å². The van der Waals surface area contributed by atoms with E-state index in [1.54, 1.807) is 6.07 Å². The zero-order valence-corrected chi connectivity index (χ0v) is 14.0. The molecule has 0 aliphatic heterocycles. The third-order valence-corrected chi connectivity index (χ3v) is 3.38. The molecule has 0 atom stereocenters. The second-order valence-electron chi connectivity index (χ2n) is 5.90. The first-order chi connectivity index (χ1) is 10.3. The van der Waals surface area contributed by atoms with Crippen molar-refractivity contribution in [3.05, 3.63) is 46.2 Å². The molecule has 2 aromatic heterocycles. The van der Waals surface area contributed by atoms with Gasteiger partial charge in [0.25, 0.3) is 5.91 Å². The van der Waals surface area contributed by atoms with Crippen molar-refractivity contribution in [3.8, 4) is 0 Å². The molecule has 5 heteroatoms. The van der Waals surface area contributed by atoms with Crippen LogP contribution in [0, 0.1) is 27.7 Å². The van der Waals surface area contributed by atoms with E-state index in [0.717, 1.165) is 28.5 Å². The molecule has 0 bridgehead atoms. The van der Waals surface area contributed by atoms with Crippen LogP contribution >= 0.6 is 0 Å². The van der Waals surface area contributed by atoms with Gasteiger partial charge in [0.2, 0.25) is 0 Å². The highest BCUT2D eigenvalue weighted by Gasteiger charge is 2.15. The Morgan fingerprint density at radius 1 is 1.00 bits per heavy atom. The molecule has 0 fully saturated rings. The fourth-order valence-corrected chi connectivity index (χ4v) is 2.46. The summed E-state index contributed by atoms with van der Waals surface area (Å²) in [5.41, 5.74) is 3.99. The average molecular weight is 298 g/mol. The summed E-state index contributed by atoms with van der Waals surface area (Å²) in [6, 6.07) is 3.68. The molecule has 2 aromatic rings. The Morgan fingerprint density at radius 3 is 2.23 bits per heavy atom. The maximum absolute atomic E-state index is 12.5. The Labute approximate surface area is 131 Å². The van der Waals surface area contributed by atoms with Gasteiger partial charge in [-0.25, -0.2) is 9.97 Å². The van der Waals surface area contributed by atoms with Crippen LogP contribution in [-0.2, 0) is 0 Å². The van der Waals surface area contributed by atoms with Crippen molar-refractivity contribution in [2.75, 3.05) is 5.32 Å². The van der Waals surface area contributed by atoms with Gasteiger partial charge >= 0.3 is 0 Å². The third-order valence-electron chi connectivity index (χ3n) is 3.38. The average Bonchev–Trinajstić information content (AvgIpc) is 2.36. The van der Waals surface area contributed by atoms with Gasteiger partial charge in [-0.3, -0.25) is 9.78 Å². The van der Waals surface area contributed by atoms with Crippen molar-refractivity contribution in [3.63, 3.8) is 0 Å².